The monoisotopic (exact) mass is 393 g/mol. The van der Waals surface area contributed by atoms with Crippen molar-refractivity contribution >= 4 is 36.4 Å². The Balaban J connectivity index is 1.77. The third-order valence-electron chi connectivity index (χ3n) is 4.77. The Labute approximate surface area is 148 Å². The van der Waals surface area contributed by atoms with E-state index in [1.54, 1.807) is 0 Å². The first-order chi connectivity index (χ1) is 12.4. The van der Waals surface area contributed by atoms with E-state index in [-0.39, 0.29) is 28.7 Å². The molecule has 0 amide bonds. The van der Waals surface area contributed by atoms with Crippen LogP contribution in [0.5, 0.6) is 0 Å². The molecule has 0 aromatic carbocycles. The Morgan fingerprint density at radius 3 is 2.92 bits per heavy atom. The summed E-state index contributed by atoms with van der Waals surface area (Å²) in [5, 5.41) is 20.9. The Hall–Kier alpha value is -1.33. The fourth-order valence-corrected chi connectivity index (χ4v) is 4.07. The maximum absolute atomic E-state index is 11.1. The van der Waals surface area contributed by atoms with E-state index in [2.05, 4.69) is 19.5 Å². The summed E-state index contributed by atoms with van der Waals surface area (Å²) in [4.78, 5) is 29.9. The van der Waals surface area contributed by atoms with Gasteiger partial charge in [0, 0.05) is 5.41 Å². The van der Waals surface area contributed by atoms with E-state index in [9.17, 15) is 14.8 Å². The topological polar surface area (TPSA) is 177 Å². The van der Waals surface area contributed by atoms with Gasteiger partial charge in [-0.05, 0) is 23.9 Å². The SMILES string of the molecule is [2H]C([2H])(OP(=O)(O)O)C12C[C@@H]1[C@@H](n1cnc3c(N)nc(Cl)nc31)[C@H](O)[C@@H]2O. The molecular formula is C12H15ClN5O6P. The van der Waals surface area contributed by atoms with Crippen molar-refractivity contribution in [3.05, 3.63) is 11.6 Å². The summed E-state index contributed by atoms with van der Waals surface area (Å²) in [6.07, 6.45) is -1.77. The zero-order chi connectivity index (χ0) is 19.9. The summed E-state index contributed by atoms with van der Waals surface area (Å²) in [7, 11) is -5.18. The van der Waals surface area contributed by atoms with Gasteiger partial charge in [0.15, 0.2) is 11.5 Å². The molecular weight excluding hydrogens is 377 g/mol. The zero-order valence-corrected chi connectivity index (χ0v) is 14.0. The van der Waals surface area contributed by atoms with E-state index < -0.39 is 44.0 Å². The second-order valence-electron chi connectivity index (χ2n) is 6.16. The van der Waals surface area contributed by atoms with Crippen LogP contribution in [0.4, 0.5) is 5.82 Å². The van der Waals surface area contributed by atoms with Crippen molar-refractivity contribution in [1.29, 1.82) is 0 Å². The molecule has 11 nitrogen and oxygen atoms in total. The third kappa shape index (κ3) is 2.55. The van der Waals surface area contributed by atoms with Gasteiger partial charge >= 0.3 is 7.82 Å². The number of nitrogen functional groups attached to an aromatic ring is 1. The maximum Gasteiger partial charge on any atom is 0.469 e. The van der Waals surface area contributed by atoms with Crippen LogP contribution in [0.1, 0.15) is 15.2 Å². The van der Waals surface area contributed by atoms with Crippen molar-refractivity contribution in [2.24, 2.45) is 11.3 Å². The zero-order valence-electron chi connectivity index (χ0n) is 14.4. The van der Waals surface area contributed by atoms with Gasteiger partial charge in [-0.15, -0.1) is 0 Å². The van der Waals surface area contributed by atoms with Crippen molar-refractivity contribution in [2.45, 2.75) is 24.7 Å². The average Bonchev–Trinajstić information content (AvgIpc) is 3.06. The summed E-state index contributed by atoms with van der Waals surface area (Å²) in [6.45, 7) is -2.88. The molecule has 2 heterocycles. The van der Waals surface area contributed by atoms with Gasteiger partial charge in [0.2, 0.25) is 5.28 Å². The number of nitrogens with two attached hydrogens (primary N) is 1. The summed E-state index contributed by atoms with van der Waals surface area (Å²) in [5.74, 6) is -0.685. The number of fused-ring (bicyclic) bond motifs is 2. The smallest absolute Gasteiger partial charge is 0.390 e. The molecule has 0 bridgehead atoms. The highest BCUT2D eigenvalue weighted by atomic mass is 35.5. The van der Waals surface area contributed by atoms with Gasteiger partial charge in [0.1, 0.15) is 11.6 Å². The van der Waals surface area contributed by atoms with Gasteiger partial charge in [-0.3, -0.25) is 4.52 Å². The molecule has 0 saturated heterocycles. The van der Waals surface area contributed by atoms with Gasteiger partial charge in [0.25, 0.3) is 0 Å². The van der Waals surface area contributed by atoms with Gasteiger partial charge in [-0.25, -0.2) is 9.55 Å². The second-order valence-corrected chi connectivity index (χ2v) is 7.66. The fourth-order valence-electron chi connectivity index (χ4n) is 3.61. The van der Waals surface area contributed by atoms with Crippen molar-refractivity contribution in [3.63, 3.8) is 0 Å². The van der Waals surface area contributed by atoms with Crippen molar-refractivity contribution in [1.82, 2.24) is 19.5 Å². The summed E-state index contributed by atoms with van der Waals surface area (Å²) in [6, 6.07) is -0.884. The van der Waals surface area contributed by atoms with Gasteiger partial charge in [0.05, 0.1) is 27.8 Å². The minimum Gasteiger partial charge on any atom is -0.390 e. The lowest BCUT2D eigenvalue weighted by atomic mass is 10.0. The molecule has 2 aromatic heterocycles. The first kappa shape index (κ1) is 14.8. The molecule has 1 unspecified atom stereocenters. The minimum atomic E-state index is -5.18. The normalized spacial score (nSPS) is 36.2. The van der Waals surface area contributed by atoms with Crippen molar-refractivity contribution < 1.29 is 31.8 Å². The molecule has 136 valence electrons. The lowest BCUT2D eigenvalue weighted by molar-refractivity contribution is -0.0297. The highest BCUT2D eigenvalue weighted by Gasteiger charge is 2.72. The fraction of sp³-hybridized carbons (Fsp3) is 0.583. The number of phosphoric acid groups is 1. The van der Waals surface area contributed by atoms with E-state index in [4.69, 9.17) is 29.9 Å². The summed E-state index contributed by atoms with van der Waals surface area (Å²) < 4.78 is 32.8. The van der Waals surface area contributed by atoms with Crippen LogP contribution < -0.4 is 5.73 Å². The molecule has 6 N–H and O–H groups in total. The molecule has 0 radical (unpaired) electrons. The number of hydrogen-bond acceptors (Lipinski definition) is 8. The molecule has 13 heteroatoms. The van der Waals surface area contributed by atoms with Gasteiger partial charge < -0.3 is 30.3 Å². The molecule has 0 spiro atoms. The lowest BCUT2D eigenvalue weighted by Gasteiger charge is -2.24. The Morgan fingerprint density at radius 1 is 1.52 bits per heavy atom. The van der Waals surface area contributed by atoms with E-state index in [1.165, 1.54) is 10.9 Å². The van der Waals surface area contributed by atoms with Crippen molar-refractivity contribution in [2.75, 3.05) is 12.3 Å². The molecule has 25 heavy (non-hydrogen) atoms. The van der Waals surface area contributed by atoms with Crippen LogP contribution in [0.2, 0.25) is 5.28 Å². The standard InChI is InChI=1S/C12H15ClN5O6P/c13-11-16-9(14)5-10(17-11)18(3-15-5)6-4-1-12(4,8(20)7(6)19)2-24-25(21,22)23/h3-4,6-8,19-20H,1-2H2,(H2,14,16,17)(H2,21,22,23)/t4-,6-,7+,8+,12?/m1/s1/i2D2. The quantitative estimate of drug-likeness (QED) is 0.334. The lowest BCUT2D eigenvalue weighted by Crippen LogP contribution is -2.35. The van der Waals surface area contributed by atoms with E-state index in [1.807, 2.05) is 0 Å². The molecule has 2 aromatic rings. The number of aliphatic hydroxyl groups is 2. The predicted molar refractivity (Wildman–Crippen MR) is 84.3 cm³/mol. The third-order valence-corrected chi connectivity index (χ3v) is 5.27. The summed E-state index contributed by atoms with van der Waals surface area (Å²) >= 11 is 5.82. The molecule has 5 atom stereocenters. The van der Waals surface area contributed by atoms with Crippen LogP contribution in [-0.2, 0) is 9.09 Å². The minimum absolute atomic E-state index is 0.0130. The van der Waals surface area contributed by atoms with E-state index in [0.717, 1.165) is 0 Å². The predicted octanol–water partition coefficient (Wildman–Crippen LogP) is -0.546. The van der Waals surface area contributed by atoms with Crippen molar-refractivity contribution in [3.8, 4) is 0 Å². The Kier molecular flexibility index (Phi) is 3.16. The molecule has 0 aliphatic heterocycles. The maximum atomic E-state index is 11.1. The van der Waals surface area contributed by atoms with Gasteiger partial charge in [-0.1, -0.05) is 0 Å². The number of anilines is 1. The van der Waals surface area contributed by atoms with Crippen LogP contribution >= 0.6 is 19.4 Å². The number of phosphoric ester groups is 1. The van der Waals surface area contributed by atoms with Gasteiger partial charge in [-0.2, -0.15) is 9.97 Å². The van der Waals surface area contributed by atoms with Crippen LogP contribution in [0, 0.1) is 11.3 Å². The first-order valence-corrected chi connectivity index (χ1v) is 9.08. The van der Waals surface area contributed by atoms with Crippen LogP contribution in [-0.4, -0.2) is 58.3 Å². The second kappa shape index (κ2) is 5.34. The number of nitrogens with zero attached hydrogens (tertiary/aromatic N) is 4. The van der Waals surface area contributed by atoms with Crippen LogP contribution in [0.15, 0.2) is 6.33 Å². The summed E-state index contributed by atoms with van der Waals surface area (Å²) in [5.41, 5.74) is 4.45. The van der Waals surface area contributed by atoms with E-state index in [0.29, 0.717) is 0 Å². The first-order valence-electron chi connectivity index (χ1n) is 8.17. The Morgan fingerprint density at radius 2 is 2.24 bits per heavy atom. The molecule has 2 saturated carbocycles. The average molecular weight is 394 g/mol. The number of hydrogen-bond donors (Lipinski definition) is 5. The number of aliphatic hydroxyl groups excluding tert-OH is 2. The molecule has 4 rings (SSSR count). The number of aromatic nitrogens is 4. The number of rotatable bonds is 4. The molecule has 2 fully saturated rings. The van der Waals surface area contributed by atoms with E-state index >= 15 is 0 Å². The number of imidazole rings is 1. The molecule has 2 aliphatic carbocycles. The number of halogens is 1. The van der Waals surface area contributed by atoms with Crippen LogP contribution in [0.25, 0.3) is 11.2 Å². The molecule has 2 aliphatic rings. The highest BCUT2D eigenvalue weighted by Crippen LogP contribution is 2.68. The Bertz CT molecular complexity index is 987. The highest BCUT2D eigenvalue weighted by molar-refractivity contribution is 7.46. The largest absolute Gasteiger partial charge is 0.469 e. The van der Waals surface area contributed by atoms with Crippen LogP contribution in [0.3, 0.4) is 0 Å².